The zero-order valence-corrected chi connectivity index (χ0v) is 14.3. The zero-order valence-electron chi connectivity index (χ0n) is 13.4. The molecule has 5 heteroatoms. The molecule has 1 fully saturated rings. The van der Waals surface area contributed by atoms with E-state index in [1.165, 1.54) is 0 Å². The Hall–Kier alpha value is -0.880. The lowest BCUT2D eigenvalue weighted by Gasteiger charge is -2.41. The fraction of sp³-hybridized carbons (Fsp3) is 0.588. The van der Waals surface area contributed by atoms with Gasteiger partial charge in [-0.2, -0.15) is 0 Å². The summed E-state index contributed by atoms with van der Waals surface area (Å²) >= 11 is 1.90. The number of piperazine rings is 1. The van der Waals surface area contributed by atoms with Crippen molar-refractivity contribution in [1.82, 2.24) is 9.80 Å². The fourth-order valence-corrected chi connectivity index (χ4v) is 3.99. The van der Waals surface area contributed by atoms with Gasteiger partial charge in [0, 0.05) is 37.0 Å². The fourth-order valence-electron chi connectivity index (χ4n) is 2.71. The molecule has 22 heavy (non-hydrogen) atoms. The van der Waals surface area contributed by atoms with Crippen LogP contribution in [0.4, 0.5) is 0 Å². The van der Waals surface area contributed by atoms with Gasteiger partial charge in [-0.15, -0.1) is 11.8 Å². The van der Waals surface area contributed by atoms with Crippen molar-refractivity contribution >= 4 is 17.5 Å². The lowest BCUT2D eigenvalue weighted by atomic mass is 10.1. The summed E-state index contributed by atoms with van der Waals surface area (Å²) in [5.41, 5.74) is 0.786. The van der Waals surface area contributed by atoms with Crippen molar-refractivity contribution in [2.75, 3.05) is 39.3 Å². The number of ketones is 1. The third kappa shape index (κ3) is 5.09. The van der Waals surface area contributed by atoms with E-state index in [0.29, 0.717) is 17.2 Å². The van der Waals surface area contributed by atoms with Crippen LogP contribution in [0.2, 0.25) is 0 Å². The summed E-state index contributed by atoms with van der Waals surface area (Å²) in [5, 5.41) is 9.97. The zero-order chi connectivity index (χ0) is 15.9. The molecule has 0 radical (unpaired) electrons. The molecule has 1 heterocycles. The summed E-state index contributed by atoms with van der Waals surface area (Å²) in [7, 11) is 0. The molecular formula is C17H26N2O2S. The van der Waals surface area contributed by atoms with Crippen LogP contribution in [0.3, 0.4) is 0 Å². The maximum atomic E-state index is 12.4. The maximum absolute atomic E-state index is 12.4. The second kappa shape index (κ2) is 8.67. The minimum Gasteiger partial charge on any atom is -0.395 e. The van der Waals surface area contributed by atoms with E-state index >= 15 is 0 Å². The molecule has 0 bridgehead atoms. The van der Waals surface area contributed by atoms with Gasteiger partial charge in [0.2, 0.25) is 0 Å². The number of aliphatic hydroxyl groups is 1. The average molecular weight is 322 g/mol. The third-order valence-corrected chi connectivity index (χ3v) is 5.12. The molecule has 1 aromatic carbocycles. The van der Waals surface area contributed by atoms with Crippen molar-refractivity contribution in [3.05, 3.63) is 35.9 Å². The van der Waals surface area contributed by atoms with E-state index in [2.05, 4.69) is 23.6 Å². The van der Waals surface area contributed by atoms with Crippen molar-refractivity contribution in [2.24, 2.45) is 0 Å². The Kier molecular flexibility index (Phi) is 6.89. The van der Waals surface area contributed by atoms with Gasteiger partial charge in [-0.25, -0.2) is 0 Å². The number of β-amino-alcohol motifs (C(OH)–C–C–N with tert-alkyl or cyclic N) is 1. The number of rotatable bonds is 7. The standard InChI is InChI=1S/C17H26N2O2S/c1-14(2)22-17-13-18(10-11-20)8-9-19(17)12-16(21)15-6-4-3-5-7-15/h3-7,14,17,20H,8-13H2,1-2H3. The second-order valence-corrected chi connectivity index (χ2v) is 7.68. The molecule has 1 N–H and O–H groups in total. The summed E-state index contributed by atoms with van der Waals surface area (Å²) in [6, 6.07) is 9.52. The molecule has 1 unspecified atom stereocenters. The van der Waals surface area contributed by atoms with Crippen molar-refractivity contribution in [3.63, 3.8) is 0 Å². The van der Waals surface area contributed by atoms with Crippen LogP contribution in [0.25, 0.3) is 0 Å². The molecule has 0 aliphatic carbocycles. The first-order chi connectivity index (χ1) is 10.6. The molecule has 1 atom stereocenters. The topological polar surface area (TPSA) is 43.8 Å². The molecule has 122 valence electrons. The highest BCUT2D eigenvalue weighted by atomic mass is 32.2. The van der Waals surface area contributed by atoms with E-state index < -0.39 is 0 Å². The Bertz CT molecular complexity index is 467. The largest absolute Gasteiger partial charge is 0.395 e. The number of aliphatic hydroxyl groups excluding tert-OH is 1. The van der Waals surface area contributed by atoms with Crippen LogP contribution in [-0.4, -0.2) is 70.6 Å². The molecule has 0 amide bonds. The minimum absolute atomic E-state index is 0.186. The first-order valence-electron chi connectivity index (χ1n) is 7.91. The molecule has 1 saturated heterocycles. The number of hydrogen-bond donors (Lipinski definition) is 1. The van der Waals surface area contributed by atoms with Gasteiger partial charge in [-0.3, -0.25) is 14.6 Å². The highest BCUT2D eigenvalue weighted by Crippen LogP contribution is 2.25. The number of hydrogen-bond acceptors (Lipinski definition) is 5. The first kappa shape index (κ1) is 17.5. The highest BCUT2D eigenvalue weighted by molar-refractivity contribution is 8.00. The van der Waals surface area contributed by atoms with Crippen LogP contribution in [0.15, 0.2) is 30.3 Å². The molecule has 2 rings (SSSR count). The molecule has 1 aliphatic rings. The predicted molar refractivity (Wildman–Crippen MR) is 92.4 cm³/mol. The number of benzene rings is 1. The van der Waals surface area contributed by atoms with Crippen molar-refractivity contribution in [3.8, 4) is 0 Å². The smallest absolute Gasteiger partial charge is 0.176 e. The number of carbonyl (C=O) groups excluding carboxylic acids is 1. The van der Waals surface area contributed by atoms with Gasteiger partial charge >= 0.3 is 0 Å². The van der Waals surface area contributed by atoms with Gasteiger partial charge in [0.25, 0.3) is 0 Å². The van der Waals surface area contributed by atoms with Gasteiger partial charge in [-0.1, -0.05) is 44.2 Å². The number of thioether (sulfide) groups is 1. The Morgan fingerprint density at radius 1 is 1.32 bits per heavy atom. The van der Waals surface area contributed by atoms with Gasteiger partial charge in [0.15, 0.2) is 5.78 Å². The van der Waals surface area contributed by atoms with Gasteiger partial charge < -0.3 is 5.11 Å². The van der Waals surface area contributed by atoms with Crippen molar-refractivity contribution < 1.29 is 9.90 Å². The molecule has 1 aliphatic heterocycles. The second-order valence-electron chi connectivity index (χ2n) is 5.92. The summed E-state index contributed by atoms with van der Waals surface area (Å²) in [6.45, 7) is 8.46. The number of Topliss-reactive ketones (excluding diaryl/α,β-unsaturated/α-hetero) is 1. The molecule has 0 aromatic heterocycles. The Morgan fingerprint density at radius 2 is 2.05 bits per heavy atom. The third-order valence-electron chi connectivity index (χ3n) is 3.81. The lowest BCUT2D eigenvalue weighted by molar-refractivity contribution is 0.0770. The summed E-state index contributed by atoms with van der Waals surface area (Å²) in [5.74, 6) is 0.186. The van der Waals surface area contributed by atoms with Gasteiger partial charge in [0.1, 0.15) is 0 Å². The maximum Gasteiger partial charge on any atom is 0.176 e. The molecule has 0 saturated carbocycles. The summed E-state index contributed by atoms with van der Waals surface area (Å²) < 4.78 is 0. The Labute approximate surface area is 137 Å². The molecule has 1 aromatic rings. The van der Waals surface area contributed by atoms with E-state index in [1.54, 1.807) is 0 Å². The molecule has 4 nitrogen and oxygen atoms in total. The Morgan fingerprint density at radius 3 is 2.68 bits per heavy atom. The van der Waals surface area contributed by atoms with Crippen molar-refractivity contribution in [2.45, 2.75) is 24.5 Å². The van der Waals surface area contributed by atoms with Gasteiger partial charge in [0.05, 0.1) is 18.5 Å². The first-order valence-corrected chi connectivity index (χ1v) is 8.85. The van der Waals surface area contributed by atoms with Crippen LogP contribution in [0.1, 0.15) is 24.2 Å². The van der Waals surface area contributed by atoms with Crippen LogP contribution < -0.4 is 0 Å². The lowest BCUT2D eigenvalue weighted by Crippen LogP contribution is -2.53. The van der Waals surface area contributed by atoms with Crippen LogP contribution in [0, 0.1) is 0 Å². The predicted octanol–water partition coefficient (Wildman–Crippen LogP) is 1.95. The molecular weight excluding hydrogens is 296 g/mol. The van der Waals surface area contributed by atoms with E-state index in [0.717, 1.165) is 31.7 Å². The van der Waals surface area contributed by atoms with Gasteiger partial charge in [-0.05, 0) is 0 Å². The molecule has 0 spiro atoms. The van der Waals surface area contributed by atoms with E-state index in [-0.39, 0.29) is 12.4 Å². The van der Waals surface area contributed by atoms with Crippen LogP contribution in [-0.2, 0) is 0 Å². The SMILES string of the molecule is CC(C)SC1CN(CCO)CCN1CC(=O)c1ccccc1. The van der Waals surface area contributed by atoms with E-state index in [4.69, 9.17) is 5.11 Å². The van der Waals surface area contributed by atoms with E-state index in [9.17, 15) is 4.79 Å². The highest BCUT2D eigenvalue weighted by Gasteiger charge is 2.29. The Balaban J connectivity index is 1.99. The monoisotopic (exact) mass is 322 g/mol. The summed E-state index contributed by atoms with van der Waals surface area (Å²) in [6.07, 6.45) is 0. The quantitative estimate of drug-likeness (QED) is 0.777. The number of carbonyl (C=O) groups is 1. The normalized spacial score (nSPS) is 20.5. The van der Waals surface area contributed by atoms with Crippen LogP contribution in [0.5, 0.6) is 0 Å². The average Bonchev–Trinajstić information content (AvgIpc) is 2.50. The van der Waals surface area contributed by atoms with Crippen molar-refractivity contribution in [1.29, 1.82) is 0 Å². The minimum atomic E-state index is 0.186. The number of nitrogens with zero attached hydrogens (tertiary/aromatic N) is 2. The van der Waals surface area contributed by atoms with Crippen LogP contribution >= 0.6 is 11.8 Å². The summed E-state index contributed by atoms with van der Waals surface area (Å²) in [4.78, 5) is 17.0. The van der Waals surface area contributed by atoms with E-state index in [1.807, 2.05) is 42.1 Å².